The number of aromatic nitrogens is 1. The molecule has 0 spiro atoms. The van der Waals surface area contributed by atoms with Gasteiger partial charge in [0.1, 0.15) is 11.6 Å². The van der Waals surface area contributed by atoms with E-state index >= 15 is 0 Å². The summed E-state index contributed by atoms with van der Waals surface area (Å²) >= 11 is 0. The van der Waals surface area contributed by atoms with Crippen LogP contribution in [0.15, 0.2) is 64.5 Å². The van der Waals surface area contributed by atoms with Gasteiger partial charge in [-0.3, -0.25) is 4.98 Å². The summed E-state index contributed by atoms with van der Waals surface area (Å²) in [5.41, 5.74) is -2.46. The summed E-state index contributed by atoms with van der Waals surface area (Å²) in [5.74, 6) is -0.748. The van der Waals surface area contributed by atoms with Crippen molar-refractivity contribution in [2.24, 2.45) is 0 Å². The number of hydrogen-bond donors (Lipinski definition) is 1. The minimum absolute atomic E-state index is 0.00356. The van der Waals surface area contributed by atoms with E-state index in [0.29, 0.717) is 5.39 Å². The molecule has 7 nitrogen and oxygen atoms in total. The second-order valence-corrected chi connectivity index (χ2v) is 11.3. The first-order chi connectivity index (χ1) is 16.8. The van der Waals surface area contributed by atoms with Crippen LogP contribution in [0.4, 0.5) is 18.9 Å². The minimum atomic E-state index is -4.87. The van der Waals surface area contributed by atoms with E-state index in [0.717, 1.165) is 18.2 Å². The summed E-state index contributed by atoms with van der Waals surface area (Å²) in [6.07, 6.45) is -3.45. The molecular formula is C25H26F3N3O4S. The molecule has 0 amide bonds. The highest BCUT2D eigenvalue weighted by molar-refractivity contribution is 7.92. The number of ether oxygens (including phenoxy) is 1. The molecule has 1 aliphatic heterocycles. The molecule has 0 aliphatic carbocycles. The maximum Gasteiger partial charge on any atom is 0.418 e. The van der Waals surface area contributed by atoms with Crippen molar-refractivity contribution in [1.29, 1.82) is 0 Å². The van der Waals surface area contributed by atoms with Crippen molar-refractivity contribution in [2.75, 3.05) is 24.5 Å². The van der Waals surface area contributed by atoms with Crippen LogP contribution < -0.4 is 10.2 Å². The molecule has 2 heterocycles. The number of esters is 1. The van der Waals surface area contributed by atoms with E-state index < -0.39 is 49.8 Å². The summed E-state index contributed by atoms with van der Waals surface area (Å²) < 4.78 is 76.1. The molecule has 1 unspecified atom stereocenters. The van der Waals surface area contributed by atoms with Gasteiger partial charge < -0.3 is 15.0 Å². The Balaban J connectivity index is 1.95. The molecule has 1 N–H and O–H groups in total. The summed E-state index contributed by atoms with van der Waals surface area (Å²) in [5, 5.41) is 3.52. The average Bonchev–Trinajstić information content (AvgIpc) is 2.81. The third-order valence-electron chi connectivity index (χ3n) is 5.69. The van der Waals surface area contributed by atoms with Crippen molar-refractivity contribution in [3.8, 4) is 0 Å². The van der Waals surface area contributed by atoms with Gasteiger partial charge in [-0.25, -0.2) is 13.2 Å². The highest BCUT2D eigenvalue weighted by Crippen LogP contribution is 2.43. The molecule has 1 aromatic heterocycles. The number of carbonyl (C=O) groups is 1. The van der Waals surface area contributed by atoms with E-state index in [2.05, 4.69) is 10.3 Å². The van der Waals surface area contributed by atoms with Gasteiger partial charge in [-0.15, -0.1) is 0 Å². The Bertz CT molecular complexity index is 1400. The van der Waals surface area contributed by atoms with E-state index in [1.165, 1.54) is 23.2 Å². The summed E-state index contributed by atoms with van der Waals surface area (Å²) in [6, 6.07) is 9.66. The zero-order valence-corrected chi connectivity index (χ0v) is 20.8. The molecule has 0 bridgehead atoms. The van der Waals surface area contributed by atoms with Gasteiger partial charge in [-0.05, 0) is 45.0 Å². The number of fused-ring (bicyclic) bond motifs is 1. The fourth-order valence-corrected chi connectivity index (χ4v) is 5.89. The second kappa shape index (κ2) is 9.36. The van der Waals surface area contributed by atoms with Crippen molar-refractivity contribution in [3.63, 3.8) is 0 Å². The minimum Gasteiger partial charge on any atom is -0.458 e. The molecular weight excluding hydrogens is 495 g/mol. The zero-order chi connectivity index (χ0) is 26.3. The van der Waals surface area contributed by atoms with Gasteiger partial charge in [-0.2, -0.15) is 13.2 Å². The third kappa shape index (κ3) is 5.03. The number of nitrogens with one attached hydrogen (secondary N) is 1. The maximum atomic E-state index is 14.3. The molecule has 0 radical (unpaired) electrons. The van der Waals surface area contributed by atoms with Crippen molar-refractivity contribution < 1.29 is 31.1 Å². The molecule has 0 saturated carbocycles. The Morgan fingerprint density at radius 2 is 1.72 bits per heavy atom. The topological polar surface area (TPSA) is 88.6 Å². The molecule has 1 aliphatic rings. The van der Waals surface area contributed by atoms with Crippen LogP contribution in [0.1, 0.15) is 26.3 Å². The first-order valence-electron chi connectivity index (χ1n) is 11.3. The SMILES string of the molecule is CC(C)(C)OC(=O)C1CNCCN1c1c(C(F)(F)F)cccc1S(=O)(=O)c1cccc2cccnc12. The molecule has 3 aromatic rings. The lowest BCUT2D eigenvalue weighted by atomic mass is 10.1. The van der Waals surface area contributed by atoms with E-state index in [4.69, 9.17) is 4.74 Å². The molecule has 1 saturated heterocycles. The lowest BCUT2D eigenvalue weighted by Gasteiger charge is -2.39. The standard InChI is InChI=1S/C25H26F3N3O4S/c1-24(2,3)35-23(32)18-15-29-13-14-31(18)22-17(25(26,27)28)9-5-11-20(22)36(33,34)19-10-4-7-16-8-6-12-30-21(16)19/h4-12,18,29H,13-15H2,1-3H3. The van der Waals surface area contributed by atoms with Crippen LogP contribution in [0.25, 0.3) is 10.9 Å². The van der Waals surface area contributed by atoms with Crippen LogP contribution in [0.5, 0.6) is 0 Å². The van der Waals surface area contributed by atoms with Gasteiger partial charge in [-0.1, -0.05) is 24.3 Å². The lowest BCUT2D eigenvalue weighted by Crippen LogP contribution is -2.57. The number of pyridine rings is 1. The van der Waals surface area contributed by atoms with E-state index in [-0.39, 0.29) is 30.0 Å². The number of piperazine rings is 1. The number of sulfone groups is 1. The van der Waals surface area contributed by atoms with Crippen molar-refractivity contribution in [3.05, 3.63) is 60.3 Å². The van der Waals surface area contributed by atoms with Gasteiger partial charge in [0, 0.05) is 31.2 Å². The number of halogens is 3. The fraction of sp³-hybridized carbons (Fsp3) is 0.360. The van der Waals surface area contributed by atoms with Crippen molar-refractivity contribution >= 4 is 32.4 Å². The zero-order valence-electron chi connectivity index (χ0n) is 20.0. The van der Waals surface area contributed by atoms with E-state index in [1.54, 1.807) is 39.0 Å². The second-order valence-electron chi connectivity index (χ2n) is 9.43. The molecule has 1 atom stereocenters. The first kappa shape index (κ1) is 25.9. The van der Waals surface area contributed by atoms with Gasteiger partial charge >= 0.3 is 12.1 Å². The molecule has 11 heteroatoms. The predicted octanol–water partition coefficient (Wildman–Crippen LogP) is 4.21. The monoisotopic (exact) mass is 521 g/mol. The lowest BCUT2D eigenvalue weighted by molar-refractivity contribution is -0.157. The number of benzene rings is 2. The maximum absolute atomic E-state index is 14.3. The molecule has 192 valence electrons. The number of hydrogen-bond acceptors (Lipinski definition) is 7. The van der Waals surface area contributed by atoms with Crippen molar-refractivity contribution in [1.82, 2.24) is 10.3 Å². The summed E-state index contributed by atoms with van der Waals surface area (Å²) in [7, 11) is -4.49. The number of carbonyl (C=O) groups excluding carboxylic acids is 1. The largest absolute Gasteiger partial charge is 0.458 e. The molecule has 2 aromatic carbocycles. The van der Waals surface area contributed by atoms with Gasteiger partial charge in [0.05, 0.1) is 26.6 Å². The van der Waals surface area contributed by atoms with Crippen LogP contribution in [0.2, 0.25) is 0 Å². The quantitative estimate of drug-likeness (QED) is 0.515. The van der Waals surface area contributed by atoms with Crippen LogP contribution in [-0.2, 0) is 25.5 Å². The van der Waals surface area contributed by atoms with Gasteiger partial charge in [0.2, 0.25) is 9.84 Å². The van der Waals surface area contributed by atoms with Gasteiger partial charge in [0.25, 0.3) is 0 Å². The van der Waals surface area contributed by atoms with Crippen LogP contribution in [0.3, 0.4) is 0 Å². The third-order valence-corrected chi connectivity index (χ3v) is 7.51. The number of alkyl halides is 3. The molecule has 36 heavy (non-hydrogen) atoms. The van der Waals surface area contributed by atoms with E-state index in [1.807, 2.05) is 0 Å². The smallest absolute Gasteiger partial charge is 0.418 e. The van der Waals surface area contributed by atoms with E-state index in [9.17, 15) is 26.4 Å². The molecule has 4 rings (SSSR count). The van der Waals surface area contributed by atoms with Crippen LogP contribution in [-0.4, -0.2) is 50.6 Å². The summed E-state index contributed by atoms with van der Waals surface area (Å²) in [4.78, 5) is 17.6. The average molecular weight is 522 g/mol. The number of rotatable bonds is 4. The molecule has 1 fully saturated rings. The van der Waals surface area contributed by atoms with Gasteiger partial charge in [0.15, 0.2) is 0 Å². The highest BCUT2D eigenvalue weighted by atomic mass is 32.2. The Labute approximate surface area is 207 Å². The number of nitrogens with zero attached hydrogens (tertiary/aromatic N) is 2. The fourth-order valence-electron chi connectivity index (χ4n) is 4.23. The highest BCUT2D eigenvalue weighted by Gasteiger charge is 2.43. The Morgan fingerprint density at radius 3 is 2.42 bits per heavy atom. The van der Waals surface area contributed by atoms with Crippen molar-refractivity contribution in [2.45, 2.75) is 48.4 Å². The number of para-hydroxylation sites is 2. The Morgan fingerprint density at radius 1 is 1.06 bits per heavy atom. The number of anilines is 1. The normalized spacial score (nSPS) is 17.3. The Hall–Kier alpha value is -3.18. The van der Waals surface area contributed by atoms with Crippen LogP contribution in [0, 0.1) is 0 Å². The first-order valence-corrected chi connectivity index (χ1v) is 12.8. The Kier molecular flexibility index (Phi) is 6.74. The van der Waals surface area contributed by atoms with Crippen LogP contribution >= 0.6 is 0 Å². The predicted molar refractivity (Wildman–Crippen MR) is 128 cm³/mol. The summed E-state index contributed by atoms with van der Waals surface area (Å²) in [6.45, 7) is 5.17.